The zero-order valence-electron chi connectivity index (χ0n) is 12.3. The maximum atomic E-state index is 12.0. The summed E-state index contributed by atoms with van der Waals surface area (Å²) in [4.78, 5) is 12.9. The van der Waals surface area contributed by atoms with E-state index in [1.165, 1.54) is 4.90 Å². The van der Waals surface area contributed by atoms with Crippen LogP contribution in [0.2, 0.25) is 0 Å². The summed E-state index contributed by atoms with van der Waals surface area (Å²) in [7, 11) is -7.79. The van der Waals surface area contributed by atoms with Gasteiger partial charge in [-0.2, -0.15) is 0 Å². The van der Waals surface area contributed by atoms with Gasteiger partial charge in [0.15, 0.2) is 0 Å². The van der Waals surface area contributed by atoms with Crippen LogP contribution in [-0.4, -0.2) is 47.3 Å². The number of rotatable bonds is 7. The van der Waals surface area contributed by atoms with E-state index in [0.717, 1.165) is 24.3 Å². The summed E-state index contributed by atoms with van der Waals surface area (Å²) in [5, 5.41) is 4.94. The third kappa shape index (κ3) is 4.77. The van der Waals surface area contributed by atoms with E-state index in [0.29, 0.717) is 13.1 Å². The fourth-order valence-electron chi connectivity index (χ4n) is 1.74. The third-order valence-electron chi connectivity index (χ3n) is 2.99. The van der Waals surface area contributed by atoms with Gasteiger partial charge < -0.3 is 4.90 Å². The molecule has 0 heterocycles. The molecule has 0 aromatic heterocycles. The molecule has 0 unspecified atom stereocenters. The second-order valence-corrected chi connectivity index (χ2v) is 7.74. The number of carbonyl (C=O) groups is 1. The van der Waals surface area contributed by atoms with E-state index in [4.69, 9.17) is 5.14 Å². The van der Waals surface area contributed by atoms with Crippen LogP contribution in [-0.2, 0) is 24.8 Å². The Kier molecular flexibility index (Phi) is 6.06. The number of carbonyl (C=O) groups excluding carboxylic acids is 1. The predicted molar refractivity (Wildman–Crippen MR) is 80.9 cm³/mol. The average Bonchev–Trinajstić information content (AvgIpc) is 2.46. The van der Waals surface area contributed by atoms with Gasteiger partial charge in [0, 0.05) is 13.1 Å². The van der Waals surface area contributed by atoms with Crippen molar-refractivity contribution in [1.82, 2.24) is 9.62 Å². The maximum Gasteiger partial charge on any atom is 0.241 e. The standard InChI is InChI=1S/C12H19N3O5S2/c1-3-15(4-2)12(16)9-14-22(19,20)11-7-5-10(6-8-11)21(13,17)18/h5-8,14H,3-4,9H2,1-2H3,(H2,13,17,18). The molecule has 1 amide bonds. The largest absolute Gasteiger partial charge is 0.342 e. The molecule has 0 spiro atoms. The first-order chi connectivity index (χ1) is 10.1. The van der Waals surface area contributed by atoms with Gasteiger partial charge in [-0.1, -0.05) is 0 Å². The van der Waals surface area contributed by atoms with Crippen molar-refractivity contribution in [1.29, 1.82) is 0 Å². The van der Waals surface area contributed by atoms with Gasteiger partial charge >= 0.3 is 0 Å². The summed E-state index contributed by atoms with van der Waals surface area (Å²) in [5.41, 5.74) is 0. The molecule has 0 aliphatic heterocycles. The van der Waals surface area contributed by atoms with Gasteiger partial charge in [-0.25, -0.2) is 26.7 Å². The first kappa shape index (κ1) is 18.6. The van der Waals surface area contributed by atoms with Gasteiger partial charge in [0.05, 0.1) is 16.3 Å². The molecule has 0 fully saturated rings. The number of hydrogen-bond donors (Lipinski definition) is 2. The van der Waals surface area contributed by atoms with Crippen molar-refractivity contribution in [3.63, 3.8) is 0 Å². The Morgan fingerprint density at radius 3 is 1.91 bits per heavy atom. The first-order valence-corrected chi connectivity index (χ1v) is 9.55. The van der Waals surface area contributed by atoms with Crippen molar-refractivity contribution in [3.05, 3.63) is 24.3 Å². The second kappa shape index (κ2) is 7.18. The number of nitrogens with one attached hydrogen (secondary N) is 1. The molecule has 1 aromatic rings. The summed E-state index contributed by atoms with van der Waals surface area (Å²) in [6.45, 7) is 4.20. The lowest BCUT2D eigenvalue weighted by Crippen LogP contribution is -2.39. The number of primary sulfonamides is 1. The number of sulfonamides is 2. The average molecular weight is 349 g/mol. The van der Waals surface area contributed by atoms with Crippen molar-refractivity contribution in [3.8, 4) is 0 Å². The number of benzene rings is 1. The van der Waals surface area contributed by atoms with E-state index in [2.05, 4.69) is 4.72 Å². The lowest BCUT2D eigenvalue weighted by molar-refractivity contribution is -0.129. The van der Waals surface area contributed by atoms with Crippen LogP contribution in [0.15, 0.2) is 34.1 Å². The van der Waals surface area contributed by atoms with Crippen LogP contribution >= 0.6 is 0 Å². The van der Waals surface area contributed by atoms with Crippen LogP contribution in [0.4, 0.5) is 0 Å². The molecule has 1 aromatic carbocycles. The lowest BCUT2D eigenvalue weighted by atomic mass is 10.4. The summed E-state index contributed by atoms with van der Waals surface area (Å²) in [6.07, 6.45) is 0. The summed E-state index contributed by atoms with van der Waals surface area (Å²) >= 11 is 0. The fourth-order valence-corrected chi connectivity index (χ4v) is 3.23. The molecule has 0 atom stereocenters. The number of nitrogens with zero attached hydrogens (tertiary/aromatic N) is 1. The monoisotopic (exact) mass is 349 g/mol. The van der Waals surface area contributed by atoms with Crippen LogP contribution in [0, 0.1) is 0 Å². The smallest absolute Gasteiger partial charge is 0.241 e. The van der Waals surface area contributed by atoms with E-state index in [1.54, 1.807) is 13.8 Å². The number of nitrogens with two attached hydrogens (primary N) is 1. The highest BCUT2D eigenvalue weighted by atomic mass is 32.2. The van der Waals surface area contributed by atoms with Crippen molar-refractivity contribution < 1.29 is 21.6 Å². The minimum Gasteiger partial charge on any atom is -0.342 e. The topological polar surface area (TPSA) is 127 Å². The van der Waals surface area contributed by atoms with Crippen LogP contribution in [0.25, 0.3) is 0 Å². The first-order valence-electron chi connectivity index (χ1n) is 6.52. The highest BCUT2D eigenvalue weighted by Crippen LogP contribution is 2.13. The molecule has 8 nitrogen and oxygen atoms in total. The van der Waals surface area contributed by atoms with Crippen molar-refractivity contribution in [2.24, 2.45) is 5.14 Å². The molecular weight excluding hydrogens is 330 g/mol. The molecule has 0 saturated carbocycles. The van der Waals surface area contributed by atoms with Gasteiger partial charge in [0.25, 0.3) is 0 Å². The minimum atomic E-state index is -3.90. The molecule has 0 aliphatic carbocycles. The van der Waals surface area contributed by atoms with Gasteiger partial charge in [-0.3, -0.25) is 4.79 Å². The normalized spacial score (nSPS) is 12.1. The summed E-state index contributed by atoms with van der Waals surface area (Å²) in [6, 6.07) is 4.42. The number of hydrogen-bond acceptors (Lipinski definition) is 5. The Morgan fingerprint density at radius 1 is 1.05 bits per heavy atom. The van der Waals surface area contributed by atoms with Gasteiger partial charge in [0.1, 0.15) is 0 Å². The van der Waals surface area contributed by atoms with Crippen molar-refractivity contribution >= 4 is 26.0 Å². The van der Waals surface area contributed by atoms with Gasteiger partial charge in [-0.15, -0.1) is 0 Å². The van der Waals surface area contributed by atoms with Crippen LogP contribution in [0.1, 0.15) is 13.8 Å². The van der Waals surface area contributed by atoms with E-state index < -0.39 is 20.0 Å². The van der Waals surface area contributed by atoms with Gasteiger partial charge in [0.2, 0.25) is 26.0 Å². The molecule has 0 bridgehead atoms. The quantitative estimate of drug-likeness (QED) is 0.685. The molecule has 0 saturated heterocycles. The molecule has 1 rings (SSSR count). The van der Waals surface area contributed by atoms with Crippen LogP contribution in [0.5, 0.6) is 0 Å². The Hall–Kier alpha value is -1.49. The highest BCUT2D eigenvalue weighted by Gasteiger charge is 2.18. The second-order valence-electron chi connectivity index (χ2n) is 4.41. The molecular formula is C12H19N3O5S2. The van der Waals surface area contributed by atoms with E-state index in [9.17, 15) is 21.6 Å². The third-order valence-corrected chi connectivity index (χ3v) is 5.34. The zero-order chi connectivity index (χ0) is 17.0. The highest BCUT2D eigenvalue weighted by molar-refractivity contribution is 7.89. The molecule has 22 heavy (non-hydrogen) atoms. The number of amides is 1. The van der Waals surface area contributed by atoms with E-state index in [1.807, 2.05) is 0 Å². The van der Waals surface area contributed by atoms with E-state index in [-0.39, 0.29) is 22.2 Å². The Bertz CT molecular complexity index is 723. The Balaban J connectivity index is 2.85. The minimum absolute atomic E-state index is 0.146. The van der Waals surface area contributed by atoms with Crippen molar-refractivity contribution in [2.45, 2.75) is 23.6 Å². The SMILES string of the molecule is CCN(CC)C(=O)CNS(=O)(=O)c1ccc(S(N)(=O)=O)cc1. The zero-order valence-corrected chi connectivity index (χ0v) is 13.9. The van der Waals surface area contributed by atoms with Crippen LogP contribution < -0.4 is 9.86 Å². The molecule has 0 radical (unpaired) electrons. The summed E-state index contributed by atoms with van der Waals surface area (Å²) in [5.74, 6) is -0.338. The van der Waals surface area contributed by atoms with E-state index >= 15 is 0 Å². The molecule has 124 valence electrons. The Labute approximate surface area is 130 Å². The lowest BCUT2D eigenvalue weighted by Gasteiger charge is -2.18. The molecule has 10 heteroatoms. The fraction of sp³-hybridized carbons (Fsp3) is 0.417. The van der Waals surface area contributed by atoms with Gasteiger partial charge in [-0.05, 0) is 38.1 Å². The molecule has 0 aliphatic rings. The number of likely N-dealkylation sites (N-methyl/N-ethyl adjacent to an activating group) is 1. The molecule has 3 N–H and O–H groups in total. The summed E-state index contributed by atoms with van der Waals surface area (Å²) < 4.78 is 48.5. The predicted octanol–water partition coefficient (Wildman–Crippen LogP) is -0.519. The Morgan fingerprint density at radius 2 is 1.50 bits per heavy atom. The van der Waals surface area contributed by atoms with Crippen LogP contribution in [0.3, 0.4) is 0 Å². The maximum absolute atomic E-state index is 12.0. The van der Waals surface area contributed by atoms with Crippen molar-refractivity contribution in [2.75, 3.05) is 19.6 Å².